The van der Waals surface area contributed by atoms with Crippen molar-refractivity contribution in [3.05, 3.63) is 0 Å². The third-order valence-electron chi connectivity index (χ3n) is 3.00. The highest BCUT2D eigenvalue weighted by atomic mass is 35.5. The van der Waals surface area contributed by atoms with Gasteiger partial charge in [0.15, 0.2) is 0 Å². The summed E-state index contributed by atoms with van der Waals surface area (Å²) in [7, 11) is 0. The van der Waals surface area contributed by atoms with Gasteiger partial charge >= 0.3 is 0 Å². The summed E-state index contributed by atoms with van der Waals surface area (Å²) in [6.45, 7) is 6.02. The lowest BCUT2D eigenvalue weighted by atomic mass is 10.1. The second-order valence-electron chi connectivity index (χ2n) is 4.72. The van der Waals surface area contributed by atoms with Gasteiger partial charge in [0.25, 0.3) is 0 Å². The fourth-order valence-corrected chi connectivity index (χ4v) is 2.18. The lowest BCUT2D eigenvalue weighted by Gasteiger charge is -2.29. The van der Waals surface area contributed by atoms with Crippen LogP contribution in [0.2, 0.25) is 0 Å². The molecule has 1 saturated heterocycles. The fraction of sp³-hybridized carbons (Fsp3) is 0.917. The molecule has 0 radical (unpaired) electrons. The van der Waals surface area contributed by atoms with Crippen molar-refractivity contribution in [1.29, 1.82) is 0 Å². The van der Waals surface area contributed by atoms with E-state index in [9.17, 15) is 4.79 Å². The van der Waals surface area contributed by atoms with Crippen LogP contribution in [0, 0.1) is 0 Å². The van der Waals surface area contributed by atoms with E-state index in [0.717, 1.165) is 13.0 Å². The molecule has 1 atom stereocenters. The molecule has 1 aliphatic heterocycles. The third-order valence-corrected chi connectivity index (χ3v) is 3.00. The van der Waals surface area contributed by atoms with E-state index in [1.54, 1.807) is 0 Å². The van der Waals surface area contributed by atoms with Gasteiger partial charge in [-0.25, -0.2) is 0 Å². The summed E-state index contributed by atoms with van der Waals surface area (Å²) in [5.74, 6) is 0.134. The van der Waals surface area contributed by atoms with Gasteiger partial charge in [0, 0.05) is 19.0 Å². The number of nitrogens with two attached hydrogens (primary N) is 1. The second-order valence-corrected chi connectivity index (χ2v) is 4.72. The zero-order valence-electron chi connectivity index (χ0n) is 11.2. The molecular weight excluding hydrogens is 273 g/mol. The molecule has 0 aromatic heterocycles. The molecule has 1 heterocycles. The Morgan fingerprint density at radius 2 is 1.89 bits per heavy atom. The maximum Gasteiger partial charge on any atom is 0.220 e. The van der Waals surface area contributed by atoms with Crippen LogP contribution in [-0.2, 0) is 4.79 Å². The van der Waals surface area contributed by atoms with E-state index in [-0.39, 0.29) is 36.8 Å². The van der Waals surface area contributed by atoms with Gasteiger partial charge in [-0.2, -0.15) is 0 Å². The van der Waals surface area contributed by atoms with Crippen molar-refractivity contribution in [2.45, 2.75) is 45.1 Å². The van der Waals surface area contributed by atoms with Crippen molar-refractivity contribution < 1.29 is 4.79 Å². The first-order chi connectivity index (χ1) is 7.72. The molecule has 0 bridgehead atoms. The number of carbonyl (C=O) groups excluding carboxylic acids is 1. The average molecular weight is 300 g/mol. The van der Waals surface area contributed by atoms with Crippen molar-refractivity contribution >= 4 is 30.7 Å². The van der Waals surface area contributed by atoms with E-state index >= 15 is 0 Å². The van der Waals surface area contributed by atoms with Gasteiger partial charge in [-0.3, -0.25) is 4.79 Å². The Labute approximate surface area is 123 Å². The Morgan fingerprint density at radius 3 is 2.44 bits per heavy atom. The van der Waals surface area contributed by atoms with Gasteiger partial charge < -0.3 is 16.0 Å². The maximum atomic E-state index is 11.5. The number of rotatable bonds is 6. The number of hydrogen-bond acceptors (Lipinski definition) is 3. The van der Waals surface area contributed by atoms with E-state index in [4.69, 9.17) is 5.73 Å². The monoisotopic (exact) mass is 299 g/mol. The standard InChI is InChI=1S/C12H25N3O.2ClH/c1-11(14-12(16)6-5-7-13)10-15-8-3-2-4-9-15;;/h11H,2-10,13H2,1H3,(H,14,16);2*1H. The largest absolute Gasteiger partial charge is 0.352 e. The number of nitrogens with zero attached hydrogens (tertiary/aromatic N) is 1. The quantitative estimate of drug-likeness (QED) is 0.782. The van der Waals surface area contributed by atoms with E-state index in [2.05, 4.69) is 17.1 Å². The molecule has 1 aliphatic rings. The number of carbonyl (C=O) groups is 1. The van der Waals surface area contributed by atoms with Crippen LogP contribution in [0.1, 0.15) is 39.0 Å². The first-order valence-corrected chi connectivity index (χ1v) is 6.44. The molecule has 0 aromatic rings. The molecule has 0 aromatic carbocycles. The summed E-state index contributed by atoms with van der Waals surface area (Å²) in [6, 6.07) is 0.253. The van der Waals surface area contributed by atoms with Crippen molar-refractivity contribution in [2.24, 2.45) is 5.73 Å². The molecule has 1 fully saturated rings. The van der Waals surface area contributed by atoms with Gasteiger partial charge in [0.1, 0.15) is 0 Å². The lowest BCUT2D eigenvalue weighted by molar-refractivity contribution is -0.121. The van der Waals surface area contributed by atoms with Crippen LogP contribution in [-0.4, -0.2) is 43.0 Å². The van der Waals surface area contributed by atoms with E-state index in [1.165, 1.54) is 32.4 Å². The molecule has 0 aliphatic carbocycles. The Bertz CT molecular complexity index is 211. The predicted molar refractivity (Wildman–Crippen MR) is 80.7 cm³/mol. The smallest absolute Gasteiger partial charge is 0.220 e. The molecule has 0 saturated carbocycles. The van der Waals surface area contributed by atoms with Gasteiger partial charge in [0.2, 0.25) is 5.91 Å². The molecule has 4 nitrogen and oxygen atoms in total. The van der Waals surface area contributed by atoms with Gasteiger partial charge in [-0.15, -0.1) is 24.8 Å². The highest BCUT2D eigenvalue weighted by Crippen LogP contribution is 2.08. The van der Waals surface area contributed by atoms with Gasteiger partial charge in [0.05, 0.1) is 0 Å². The summed E-state index contributed by atoms with van der Waals surface area (Å²) >= 11 is 0. The lowest BCUT2D eigenvalue weighted by Crippen LogP contribution is -2.43. The van der Waals surface area contributed by atoms with Gasteiger partial charge in [-0.05, 0) is 45.8 Å². The molecule has 1 rings (SSSR count). The van der Waals surface area contributed by atoms with Crippen molar-refractivity contribution in [2.75, 3.05) is 26.2 Å². The Morgan fingerprint density at radius 1 is 1.28 bits per heavy atom. The number of halogens is 2. The van der Waals surface area contributed by atoms with Crippen LogP contribution < -0.4 is 11.1 Å². The SMILES string of the molecule is CC(CN1CCCCC1)NC(=O)CCCN.Cl.Cl. The third kappa shape index (κ3) is 8.97. The molecule has 0 spiro atoms. The first kappa shape index (κ1) is 20.3. The molecule has 3 N–H and O–H groups in total. The minimum atomic E-state index is 0. The van der Waals surface area contributed by atoms with Crippen molar-refractivity contribution in [3.63, 3.8) is 0 Å². The number of likely N-dealkylation sites (tertiary alicyclic amines) is 1. The number of hydrogen-bond donors (Lipinski definition) is 2. The van der Waals surface area contributed by atoms with Crippen LogP contribution in [0.25, 0.3) is 0 Å². The summed E-state index contributed by atoms with van der Waals surface area (Å²) in [5, 5.41) is 3.03. The summed E-state index contributed by atoms with van der Waals surface area (Å²) in [4.78, 5) is 13.9. The topological polar surface area (TPSA) is 58.4 Å². The molecular formula is C12H27Cl2N3O. The van der Waals surface area contributed by atoms with Crippen LogP contribution in [0.3, 0.4) is 0 Å². The zero-order valence-corrected chi connectivity index (χ0v) is 12.8. The first-order valence-electron chi connectivity index (χ1n) is 6.44. The number of piperidine rings is 1. The van der Waals surface area contributed by atoms with Gasteiger partial charge in [-0.1, -0.05) is 6.42 Å². The van der Waals surface area contributed by atoms with Crippen LogP contribution in [0.4, 0.5) is 0 Å². The molecule has 18 heavy (non-hydrogen) atoms. The average Bonchev–Trinajstić information content (AvgIpc) is 2.27. The van der Waals surface area contributed by atoms with Crippen LogP contribution >= 0.6 is 24.8 Å². The van der Waals surface area contributed by atoms with E-state index in [1.807, 2.05) is 0 Å². The van der Waals surface area contributed by atoms with Crippen LogP contribution in [0.5, 0.6) is 0 Å². The molecule has 6 heteroatoms. The molecule has 1 unspecified atom stereocenters. The Balaban J connectivity index is 0. The van der Waals surface area contributed by atoms with Crippen LogP contribution in [0.15, 0.2) is 0 Å². The van der Waals surface area contributed by atoms with E-state index in [0.29, 0.717) is 13.0 Å². The highest BCUT2D eigenvalue weighted by molar-refractivity contribution is 5.85. The summed E-state index contributed by atoms with van der Waals surface area (Å²) < 4.78 is 0. The molecule has 110 valence electrons. The Hall–Kier alpha value is -0.0300. The highest BCUT2D eigenvalue weighted by Gasteiger charge is 2.14. The Kier molecular flexibility index (Phi) is 13.6. The minimum absolute atomic E-state index is 0. The van der Waals surface area contributed by atoms with Crippen molar-refractivity contribution in [1.82, 2.24) is 10.2 Å². The number of nitrogens with one attached hydrogen (secondary N) is 1. The normalized spacial score (nSPS) is 17.2. The fourth-order valence-electron chi connectivity index (χ4n) is 2.18. The number of amides is 1. The maximum absolute atomic E-state index is 11.5. The summed E-state index contributed by atoms with van der Waals surface area (Å²) in [5.41, 5.74) is 5.37. The molecule has 1 amide bonds. The summed E-state index contributed by atoms with van der Waals surface area (Å²) in [6.07, 6.45) is 5.29. The zero-order chi connectivity index (χ0) is 11.8. The van der Waals surface area contributed by atoms with E-state index < -0.39 is 0 Å². The predicted octanol–water partition coefficient (Wildman–Crippen LogP) is 1.56. The minimum Gasteiger partial charge on any atom is -0.352 e. The second kappa shape index (κ2) is 12.0. The van der Waals surface area contributed by atoms with Crippen molar-refractivity contribution in [3.8, 4) is 0 Å².